The fraction of sp³-hybridized carbons (Fsp3) is 0.818. The number of aromatic amines is 1. The van der Waals surface area contributed by atoms with E-state index in [9.17, 15) is 0 Å². The van der Waals surface area contributed by atoms with Crippen LogP contribution in [0.15, 0.2) is 5.16 Å². The molecule has 2 rings (SSSR count). The van der Waals surface area contributed by atoms with Crippen molar-refractivity contribution in [3.63, 3.8) is 0 Å². The molecule has 90 valence electrons. The molecule has 1 aliphatic carbocycles. The molecular weight excluding hydrogens is 220 g/mol. The van der Waals surface area contributed by atoms with Gasteiger partial charge in [-0.25, -0.2) is 4.98 Å². The lowest BCUT2D eigenvalue weighted by atomic mass is 9.95. The predicted molar refractivity (Wildman–Crippen MR) is 66.7 cm³/mol. The van der Waals surface area contributed by atoms with Gasteiger partial charge in [0.15, 0.2) is 0 Å². The number of nitrogens with zero attached hydrogens (tertiary/aromatic N) is 2. The average molecular weight is 240 g/mol. The Hall–Kier alpha value is -0.550. The molecule has 2 unspecified atom stereocenters. The highest BCUT2D eigenvalue weighted by atomic mass is 32.2. The average Bonchev–Trinajstić information content (AvgIpc) is 2.65. The lowest BCUT2D eigenvalue weighted by Gasteiger charge is -2.28. The zero-order valence-corrected chi connectivity index (χ0v) is 10.8. The first kappa shape index (κ1) is 11.9. The number of nitrogens with one attached hydrogen (secondary N) is 2. The highest BCUT2D eigenvalue weighted by Gasteiger charge is 2.23. The van der Waals surface area contributed by atoms with E-state index in [0.717, 1.165) is 17.5 Å². The number of thioether (sulfide) groups is 1. The fourth-order valence-electron chi connectivity index (χ4n) is 2.25. The lowest BCUT2D eigenvalue weighted by molar-refractivity contribution is 0.387. The predicted octanol–water partition coefficient (Wildman–Crippen LogP) is 2.13. The highest BCUT2D eigenvalue weighted by molar-refractivity contribution is 7.99. The van der Waals surface area contributed by atoms with Crippen LogP contribution in [0.2, 0.25) is 0 Å². The molecule has 1 aliphatic rings. The quantitative estimate of drug-likeness (QED) is 0.846. The van der Waals surface area contributed by atoms with Crippen molar-refractivity contribution in [1.29, 1.82) is 0 Å². The Morgan fingerprint density at radius 1 is 1.50 bits per heavy atom. The molecule has 4 nitrogen and oxygen atoms in total. The molecule has 0 bridgehead atoms. The molecule has 2 atom stereocenters. The fourth-order valence-corrected chi connectivity index (χ4v) is 3.45. The Morgan fingerprint density at radius 2 is 2.38 bits per heavy atom. The van der Waals surface area contributed by atoms with Gasteiger partial charge in [-0.05, 0) is 32.7 Å². The van der Waals surface area contributed by atoms with Crippen molar-refractivity contribution in [1.82, 2.24) is 20.5 Å². The van der Waals surface area contributed by atoms with Crippen molar-refractivity contribution < 1.29 is 0 Å². The van der Waals surface area contributed by atoms with Crippen LogP contribution in [0.3, 0.4) is 0 Å². The molecular formula is C11H20N4S. The Morgan fingerprint density at radius 3 is 3.06 bits per heavy atom. The lowest BCUT2D eigenvalue weighted by Crippen LogP contribution is -2.34. The molecule has 5 heteroatoms. The molecule has 1 heterocycles. The minimum atomic E-state index is 0.674. The van der Waals surface area contributed by atoms with Gasteiger partial charge in [-0.3, -0.25) is 5.10 Å². The van der Waals surface area contributed by atoms with Crippen LogP contribution in [-0.2, 0) is 0 Å². The zero-order valence-electron chi connectivity index (χ0n) is 9.99. The van der Waals surface area contributed by atoms with E-state index >= 15 is 0 Å². The number of hydrogen-bond donors (Lipinski definition) is 2. The van der Waals surface area contributed by atoms with Crippen molar-refractivity contribution >= 4 is 11.8 Å². The molecule has 16 heavy (non-hydrogen) atoms. The summed E-state index contributed by atoms with van der Waals surface area (Å²) in [7, 11) is 0. The summed E-state index contributed by atoms with van der Waals surface area (Å²) >= 11 is 1.82. The standard InChI is InChI=1S/C11H20N4S/c1-3-12-9-5-4-6-10(7-9)16-11-13-8(2)14-15-11/h9-10,12H,3-7H2,1-2H3,(H,13,14,15). The highest BCUT2D eigenvalue weighted by Crippen LogP contribution is 2.31. The minimum Gasteiger partial charge on any atom is -0.314 e. The number of aryl methyl sites for hydroxylation is 1. The van der Waals surface area contributed by atoms with Crippen molar-refractivity contribution in [2.24, 2.45) is 0 Å². The summed E-state index contributed by atoms with van der Waals surface area (Å²) in [6.07, 6.45) is 5.17. The maximum Gasteiger partial charge on any atom is 0.208 e. The van der Waals surface area contributed by atoms with Gasteiger partial charge in [0.1, 0.15) is 5.82 Å². The van der Waals surface area contributed by atoms with Gasteiger partial charge in [0, 0.05) is 11.3 Å². The van der Waals surface area contributed by atoms with Crippen molar-refractivity contribution in [3.05, 3.63) is 5.82 Å². The molecule has 0 amide bonds. The molecule has 0 saturated heterocycles. The molecule has 0 radical (unpaired) electrons. The largest absolute Gasteiger partial charge is 0.314 e. The van der Waals surface area contributed by atoms with Crippen LogP contribution in [0.4, 0.5) is 0 Å². The second-order valence-corrected chi connectivity index (χ2v) is 5.63. The van der Waals surface area contributed by atoms with E-state index in [-0.39, 0.29) is 0 Å². The summed E-state index contributed by atoms with van der Waals surface area (Å²) in [5.41, 5.74) is 0. The van der Waals surface area contributed by atoms with Gasteiger partial charge in [0.2, 0.25) is 5.16 Å². The number of H-pyrrole nitrogens is 1. The molecule has 0 aromatic carbocycles. The van der Waals surface area contributed by atoms with E-state index < -0.39 is 0 Å². The molecule has 1 aromatic heterocycles. The third-order valence-corrected chi connectivity index (χ3v) is 4.12. The third kappa shape index (κ3) is 3.22. The van der Waals surface area contributed by atoms with E-state index in [2.05, 4.69) is 27.4 Å². The summed E-state index contributed by atoms with van der Waals surface area (Å²) < 4.78 is 0. The normalized spacial score (nSPS) is 25.9. The van der Waals surface area contributed by atoms with E-state index in [1.165, 1.54) is 25.7 Å². The Bertz CT molecular complexity index is 324. The van der Waals surface area contributed by atoms with Gasteiger partial charge in [0.25, 0.3) is 0 Å². The smallest absolute Gasteiger partial charge is 0.208 e. The van der Waals surface area contributed by atoms with E-state index in [0.29, 0.717) is 11.3 Å². The molecule has 1 aromatic rings. The first-order valence-electron chi connectivity index (χ1n) is 6.07. The SMILES string of the molecule is CCNC1CCCC(Sc2n[nH]c(C)n2)C1. The van der Waals surface area contributed by atoms with Crippen LogP contribution in [0.25, 0.3) is 0 Å². The zero-order chi connectivity index (χ0) is 11.4. The maximum absolute atomic E-state index is 4.35. The minimum absolute atomic E-state index is 0.674. The summed E-state index contributed by atoms with van der Waals surface area (Å²) in [6, 6.07) is 0.691. The monoisotopic (exact) mass is 240 g/mol. The Labute approximate surface area is 101 Å². The van der Waals surface area contributed by atoms with E-state index in [4.69, 9.17) is 0 Å². The molecule has 0 spiro atoms. The van der Waals surface area contributed by atoms with Gasteiger partial charge < -0.3 is 5.32 Å². The topological polar surface area (TPSA) is 53.6 Å². The second kappa shape index (κ2) is 5.68. The summed E-state index contributed by atoms with van der Waals surface area (Å²) in [5.74, 6) is 0.904. The van der Waals surface area contributed by atoms with Crippen molar-refractivity contribution in [2.45, 2.75) is 56.0 Å². The van der Waals surface area contributed by atoms with Gasteiger partial charge in [-0.15, -0.1) is 5.10 Å². The van der Waals surface area contributed by atoms with E-state index in [1.807, 2.05) is 18.7 Å². The Balaban J connectivity index is 1.85. The number of aromatic nitrogens is 3. The van der Waals surface area contributed by atoms with Crippen LogP contribution < -0.4 is 5.32 Å². The van der Waals surface area contributed by atoms with Crippen molar-refractivity contribution in [2.75, 3.05) is 6.54 Å². The summed E-state index contributed by atoms with van der Waals surface area (Å²) in [4.78, 5) is 4.35. The van der Waals surface area contributed by atoms with Crippen LogP contribution >= 0.6 is 11.8 Å². The summed E-state index contributed by atoms with van der Waals surface area (Å²) in [6.45, 7) is 5.19. The first-order valence-corrected chi connectivity index (χ1v) is 6.95. The van der Waals surface area contributed by atoms with Crippen molar-refractivity contribution in [3.8, 4) is 0 Å². The Kier molecular flexibility index (Phi) is 4.23. The van der Waals surface area contributed by atoms with Gasteiger partial charge in [0.05, 0.1) is 0 Å². The number of hydrogen-bond acceptors (Lipinski definition) is 4. The van der Waals surface area contributed by atoms with Crippen LogP contribution in [0.5, 0.6) is 0 Å². The number of rotatable bonds is 4. The third-order valence-electron chi connectivity index (χ3n) is 2.97. The molecule has 0 aliphatic heterocycles. The van der Waals surface area contributed by atoms with Gasteiger partial charge in [-0.2, -0.15) is 0 Å². The summed E-state index contributed by atoms with van der Waals surface area (Å²) in [5, 5.41) is 12.2. The van der Waals surface area contributed by atoms with Gasteiger partial charge >= 0.3 is 0 Å². The van der Waals surface area contributed by atoms with Crippen LogP contribution in [0.1, 0.15) is 38.4 Å². The van der Waals surface area contributed by atoms with Gasteiger partial charge in [-0.1, -0.05) is 25.1 Å². The molecule has 2 N–H and O–H groups in total. The van der Waals surface area contributed by atoms with Crippen LogP contribution in [-0.4, -0.2) is 33.0 Å². The maximum atomic E-state index is 4.35. The van der Waals surface area contributed by atoms with E-state index in [1.54, 1.807) is 0 Å². The first-order chi connectivity index (χ1) is 7.78. The molecule has 1 saturated carbocycles. The molecule has 1 fully saturated rings. The van der Waals surface area contributed by atoms with Crippen LogP contribution in [0, 0.1) is 6.92 Å². The second-order valence-electron chi connectivity index (χ2n) is 4.36.